The Bertz CT molecular complexity index is 564. The van der Waals surface area contributed by atoms with Crippen molar-refractivity contribution < 1.29 is 9.72 Å². The van der Waals surface area contributed by atoms with E-state index in [4.69, 9.17) is 0 Å². The molecule has 19 heavy (non-hydrogen) atoms. The molecule has 1 aromatic carbocycles. The maximum Gasteiger partial charge on any atom is 0.269 e. The fraction of sp³-hybridized carbons (Fsp3) is 0.154. The van der Waals surface area contributed by atoms with Crippen LogP contribution >= 0.6 is 11.3 Å². The van der Waals surface area contributed by atoms with Crippen LogP contribution in [0.4, 0.5) is 11.4 Å². The summed E-state index contributed by atoms with van der Waals surface area (Å²) in [5, 5.41) is 15.4. The highest BCUT2D eigenvalue weighted by Crippen LogP contribution is 2.16. The molecule has 0 bridgehead atoms. The van der Waals surface area contributed by atoms with E-state index in [1.807, 2.05) is 11.4 Å². The molecule has 0 amide bonds. The Kier molecular flexibility index (Phi) is 4.25. The normalized spacial score (nSPS) is 10.1. The summed E-state index contributed by atoms with van der Waals surface area (Å²) in [5.74, 6) is 0.101. The number of nitrogens with one attached hydrogen (secondary N) is 1. The van der Waals surface area contributed by atoms with Gasteiger partial charge in [0, 0.05) is 30.8 Å². The second-order valence-electron chi connectivity index (χ2n) is 3.88. The van der Waals surface area contributed by atoms with Gasteiger partial charge in [0.2, 0.25) is 0 Å². The molecule has 0 saturated carbocycles. The minimum atomic E-state index is -0.440. The number of non-ortho nitro benzene ring substituents is 1. The molecule has 0 unspecified atom stereocenters. The number of nitro benzene ring substituents is 1. The largest absolute Gasteiger partial charge is 0.385 e. The summed E-state index contributed by atoms with van der Waals surface area (Å²) in [6.07, 6.45) is 0.400. The zero-order chi connectivity index (χ0) is 13.7. The molecule has 2 rings (SSSR count). The molecular weight excluding hydrogens is 264 g/mol. The van der Waals surface area contributed by atoms with E-state index in [9.17, 15) is 14.9 Å². The van der Waals surface area contributed by atoms with Gasteiger partial charge in [-0.15, -0.1) is 11.3 Å². The van der Waals surface area contributed by atoms with Crippen LogP contribution in [0.5, 0.6) is 0 Å². The van der Waals surface area contributed by atoms with Crippen LogP contribution in [0.25, 0.3) is 0 Å². The molecule has 0 fully saturated rings. The highest BCUT2D eigenvalue weighted by atomic mass is 32.1. The molecule has 1 heterocycles. The lowest BCUT2D eigenvalue weighted by molar-refractivity contribution is -0.384. The van der Waals surface area contributed by atoms with Gasteiger partial charge in [0.05, 0.1) is 9.80 Å². The van der Waals surface area contributed by atoms with Gasteiger partial charge in [0.1, 0.15) is 0 Å². The molecule has 0 spiro atoms. The van der Waals surface area contributed by atoms with Crippen LogP contribution in [0.2, 0.25) is 0 Å². The third kappa shape index (κ3) is 3.62. The SMILES string of the molecule is O=C(CCNc1ccc([N+](=O)[O-])cc1)c1cccs1. The second-order valence-corrected chi connectivity index (χ2v) is 4.83. The van der Waals surface area contributed by atoms with Crippen LogP contribution < -0.4 is 5.32 Å². The van der Waals surface area contributed by atoms with E-state index >= 15 is 0 Å². The van der Waals surface area contributed by atoms with E-state index in [0.29, 0.717) is 13.0 Å². The first-order valence-electron chi connectivity index (χ1n) is 5.72. The summed E-state index contributed by atoms with van der Waals surface area (Å²) >= 11 is 1.43. The van der Waals surface area contributed by atoms with Crippen molar-refractivity contribution in [3.05, 3.63) is 56.8 Å². The highest BCUT2D eigenvalue weighted by molar-refractivity contribution is 7.12. The Hall–Kier alpha value is -2.21. The lowest BCUT2D eigenvalue weighted by atomic mass is 10.2. The smallest absolute Gasteiger partial charge is 0.269 e. The molecule has 6 heteroatoms. The summed E-state index contributed by atoms with van der Waals surface area (Å²) in [5.41, 5.74) is 0.824. The van der Waals surface area contributed by atoms with Gasteiger partial charge in [-0.05, 0) is 23.6 Å². The van der Waals surface area contributed by atoms with Gasteiger partial charge >= 0.3 is 0 Å². The summed E-state index contributed by atoms with van der Waals surface area (Å²) in [6.45, 7) is 0.508. The Morgan fingerprint density at radius 2 is 2.00 bits per heavy atom. The van der Waals surface area contributed by atoms with Crippen molar-refractivity contribution >= 4 is 28.5 Å². The minimum Gasteiger partial charge on any atom is -0.385 e. The summed E-state index contributed by atoms with van der Waals surface area (Å²) in [4.78, 5) is 22.5. The number of nitrogens with zero attached hydrogens (tertiary/aromatic N) is 1. The Morgan fingerprint density at radius 3 is 2.58 bits per heavy atom. The first-order chi connectivity index (χ1) is 9.16. The van der Waals surface area contributed by atoms with Gasteiger partial charge in [0.15, 0.2) is 5.78 Å². The van der Waals surface area contributed by atoms with Crippen LogP contribution in [0.1, 0.15) is 16.1 Å². The topological polar surface area (TPSA) is 72.2 Å². The van der Waals surface area contributed by atoms with Crippen molar-refractivity contribution in [3.63, 3.8) is 0 Å². The van der Waals surface area contributed by atoms with Gasteiger partial charge < -0.3 is 5.32 Å². The number of ketones is 1. The number of thiophene rings is 1. The summed E-state index contributed by atoms with van der Waals surface area (Å²) < 4.78 is 0. The second kappa shape index (κ2) is 6.10. The number of carbonyl (C=O) groups excluding carboxylic acids is 1. The average molecular weight is 276 g/mol. The molecule has 0 radical (unpaired) electrons. The zero-order valence-corrected chi connectivity index (χ0v) is 10.9. The number of carbonyl (C=O) groups is 1. The highest BCUT2D eigenvalue weighted by Gasteiger charge is 2.07. The third-order valence-electron chi connectivity index (χ3n) is 2.56. The van der Waals surface area contributed by atoms with Gasteiger partial charge in [-0.25, -0.2) is 0 Å². The van der Waals surface area contributed by atoms with Crippen molar-refractivity contribution in [2.45, 2.75) is 6.42 Å². The Morgan fingerprint density at radius 1 is 1.26 bits per heavy atom. The number of benzene rings is 1. The molecule has 0 atom stereocenters. The van der Waals surface area contributed by atoms with Gasteiger partial charge in [-0.3, -0.25) is 14.9 Å². The standard InChI is InChI=1S/C13H12N2O3S/c16-12(13-2-1-9-19-13)7-8-14-10-3-5-11(6-4-10)15(17)18/h1-6,9,14H,7-8H2. The van der Waals surface area contributed by atoms with Crippen LogP contribution in [0.15, 0.2) is 41.8 Å². The van der Waals surface area contributed by atoms with Crippen molar-refractivity contribution in [2.24, 2.45) is 0 Å². The first-order valence-corrected chi connectivity index (χ1v) is 6.60. The number of nitro groups is 1. The summed E-state index contributed by atoms with van der Waals surface area (Å²) in [7, 11) is 0. The van der Waals surface area contributed by atoms with E-state index in [1.165, 1.54) is 23.5 Å². The number of Topliss-reactive ketones (excluding diaryl/α,β-unsaturated/α-hetero) is 1. The Labute approximate surface area is 114 Å². The van der Waals surface area contributed by atoms with Crippen molar-refractivity contribution in [2.75, 3.05) is 11.9 Å². The maximum absolute atomic E-state index is 11.7. The Balaban J connectivity index is 1.82. The number of rotatable bonds is 6. The maximum atomic E-state index is 11.7. The molecule has 1 aromatic heterocycles. The molecule has 98 valence electrons. The van der Waals surface area contributed by atoms with Crippen molar-refractivity contribution in [1.29, 1.82) is 0 Å². The van der Waals surface area contributed by atoms with Crippen molar-refractivity contribution in [1.82, 2.24) is 0 Å². The molecule has 0 aliphatic rings. The fourth-order valence-corrected chi connectivity index (χ4v) is 2.28. The molecular formula is C13H12N2O3S. The predicted octanol–water partition coefficient (Wildman–Crippen LogP) is 3.34. The molecule has 0 aliphatic heterocycles. The van der Waals surface area contributed by atoms with Crippen molar-refractivity contribution in [3.8, 4) is 0 Å². The molecule has 1 N–H and O–H groups in total. The van der Waals surface area contributed by atoms with E-state index in [-0.39, 0.29) is 11.5 Å². The molecule has 0 saturated heterocycles. The van der Waals surface area contributed by atoms with E-state index in [2.05, 4.69) is 5.32 Å². The van der Waals surface area contributed by atoms with Gasteiger partial charge in [-0.2, -0.15) is 0 Å². The van der Waals surface area contributed by atoms with E-state index < -0.39 is 4.92 Å². The quantitative estimate of drug-likeness (QED) is 0.499. The number of anilines is 1. The van der Waals surface area contributed by atoms with Crippen LogP contribution in [-0.2, 0) is 0 Å². The van der Waals surface area contributed by atoms with Crippen LogP contribution in [-0.4, -0.2) is 17.3 Å². The monoisotopic (exact) mass is 276 g/mol. The minimum absolute atomic E-state index is 0.0558. The fourth-order valence-electron chi connectivity index (χ4n) is 1.58. The van der Waals surface area contributed by atoms with Gasteiger partial charge in [0.25, 0.3) is 5.69 Å². The lowest BCUT2D eigenvalue weighted by Crippen LogP contribution is -2.07. The van der Waals surface area contributed by atoms with Gasteiger partial charge in [-0.1, -0.05) is 6.07 Å². The molecule has 5 nitrogen and oxygen atoms in total. The molecule has 2 aromatic rings. The molecule has 0 aliphatic carbocycles. The lowest BCUT2D eigenvalue weighted by Gasteiger charge is -2.04. The third-order valence-corrected chi connectivity index (χ3v) is 3.47. The van der Waals surface area contributed by atoms with Crippen LogP contribution in [0, 0.1) is 10.1 Å². The number of hydrogen-bond donors (Lipinski definition) is 1. The predicted molar refractivity (Wildman–Crippen MR) is 74.9 cm³/mol. The summed E-state index contributed by atoms with van der Waals surface area (Å²) in [6, 6.07) is 9.79. The zero-order valence-electron chi connectivity index (χ0n) is 10.0. The van der Waals surface area contributed by atoms with Crippen LogP contribution in [0.3, 0.4) is 0 Å². The number of hydrogen-bond acceptors (Lipinski definition) is 5. The van der Waals surface area contributed by atoms with E-state index in [0.717, 1.165) is 10.6 Å². The van der Waals surface area contributed by atoms with E-state index in [1.54, 1.807) is 18.2 Å². The first kappa shape index (κ1) is 13.2. The average Bonchev–Trinajstić information content (AvgIpc) is 2.93.